The molecular weight excluding hydrogens is 451 g/mol. The number of carboxylic acid groups (broad SMARTS) is 1. The number of carbonyl (C=O) groups excluding carboxylic acids is 3. The highest BCUT2D eigenvalue weighted by molar-refractivity contribution is 6.03. The standard InChI is InChI=1S/C20H18F3N3O7/c21-20(22,23)18(31)25-6-5-11-12(14(17(29)30)26-13(11)15(25)16(26)28)8-33-19(32)24-7-9-1-3-10(27)4-2-9/h1-4,11,13,15,27H,5-8H2,(H,24,32)(H,29,30)/t11?,13-,15+/m1/s1. The van der Waals surface area contributed by atoms with Gasteiger partial charge in [0, 0.05) is 24.6 Å². The SMILES string of the molecule is O=C(NCc1ccc(O)cc1)OCC1=C(C(=O)O)N2C(=O)[C@@H]3[C@H]2C1CCN3C(=O)C(F)(F)F. The number of carboxylic acids is 1. The van der Waals surface area contributed by atoms with Crippen LogP contribution in [0.2, 0.25) is 0 Å². The lowest BCUT2D eigenvalue weighted by Crippen LogP contribution is -2.74. The molecule has 10 nitrogen and oxygen atoms in total. The van der Waals surface area contributed by atoms with Gasteiger partial charge in [-0.2, -0.15) is 13.2 Å². The number of nitrogens with zero attached hydrogens (tertiary/aromatic N) is 2. The number of β-lactam (4-membered cyclic amide) rings is 1. The van der Waals surface area contributed by atoms with Crippen molar-refractivity contribution in [3.8, 4) is 5.75 Å². The number of rotatable bonds is 5. The first-order valence-electron chi connectivity index (χ1n) is 9.86. The Labute approximate surface area is 184 Å². The van der Waals surface area contributed by atoms with E-state index in [4.69, 9.17) is 4.74 Å². The Hall–Kier alpha value is -3.77. The van der Waals surface area contributed by atoms with Crippen molar-refractivity contribution >= 4 is 23.9 Å². The van der Waals surface area contributed by atoms with Crippen LogP contribution in [0.5, 0.6) is 5.75 Å². The lowest BCUT2D eigenvalue weighted by molar-refractivity contribution is -0.198. The number of halogens is 3. The maximum atomic E-state index is 12.9. The minimum Gasteiger partial charge on any atom is -0.508 e. The molecule has 176 valence electrons. The number of phenols is 1. The molecule has 0 aromatic heterocycles. The van der Waals surface area contributed by atoms with Crippen LogP contribution in [-0.2, 0) is 25.7 Å². The molecular formula is C20H18F3N3O7. The van der Waals surface area contributed by atoms with Crippen molar-refractivity contribution in [2.75, 3.05) is 13.2 Å². The quantitative estimate of drug-likeness (QED) is 0.547. The molecule has 3 atom stereocenters. The molecule has 13 heteroatoms. The number of benzene rings is 1. The monoisotopic (exact) mass is 469 g/mol. The summed E-state index contributed by atoms with van der Waals surface area (Å²) in [5, 5.41) is 21.3. The number of nitrogens with one attached hydrogen (secondary N) is 1. The van der Waals surface area contributed by atoms with E-state index in [9.17, 15) is 42.6 Å². The predicted octanol–water partition coefficient (Wildman–Crippen LogP) is 0.961. The van der Waals surface area contributed by atoms with Crippen molar-refractivity contribution in [1.29, 1.82) is 0 Å². The van der Waals surface area contributed by atoms with E-state index in [1.807, 2.05) is 0 Å². The van der Waals surface area contributed by atoms with Gasteiger partial charge in [-0.05, 0) is 24.1 Å². The highest BCUT2D eigenvalue weighted by atomic mass is 19.4. The predicted molar refractivity (Wildman–Crippen MR) is 101 cm³/mol. The van der Waals surface area contributed by atoms with Gasteiger partial charge in [0.05, 0.1) is 6.04 Å². The van der Waals surface area contributed by atoms with Gasteiger partial charge in [0.1, 0.15) is 24.1 Å². The Morgan fingerprint density at radius 1 is 1.18 bits per heavy atom. The third kappa shape index (κ3) is 3.83. The van der Waals surface area contributed by atoms with Gasteiger partial charge in [0.25, 0.3) is 5.91 Å². The van der Waals surface area contributed by atoms with Gasteiger partial charge in [-0.25, -0.2) is 9.59 Å². The number of alkyl halides is 3. The van der Waals surface area contributed by atoms with E-state index in [1.54, 1.807) is 12.1 Å². The maximum absolute atomic E-state index is 12.9. The molecule has 3 aliphatic rings. The second kappa shape index (κ2) is 7.98. The van der Waals surface area contributed by atoms with Crippen molar-refractivity contribution in [2.45, 2.75) is 31.2 Å². The normalized spacial score (nSPS) is 23.7. The number of likely N-dealkylation sites (tertiary alicyclic amines) is 1. The summed E-state index contributed by atoms with van der Waals surface area (Å²) in [6.45, 7) is -0.793. The molecule has 3 heterocycles. The number of hydrogen-bond donors (Lipinski definition) is 3. The van der Waals surface area contributed by atoms with Crippen LogP contribution in [-0.4, -0.2) is 75.3 Å². The van der Waals surface area contributed by atoms with Gasteiger partial charge in [-0.1, -0.05) is 12.1 Å². The fourth-order valence-electron chi connectivity index (χ4n) is 4.56. The topological polar surface area (TPSA) is 136 Å². The average molecular weight is 469 g/mol. The number of phenolic OH excluding ortho intramolecular Hbond substituents is 1. The molecule has 1 aromatic carbocycles. The van der Waals surface area contributed by atoms with Gasteiger partial charge < -0.3 is 25.2 Å². The number of aromatic hydroxyl groups is 1. The maximum Gasteiger partial charge on any atom is 0.471 e. The van der Waals surface area contributed by atoms with Crippen LogP contribution in [0, 0.1) is 5.92 Å². The van der Waals surface area contributed by atoms with Gasteiger partial charge in [-0.15, -0.1) is 0 Å². The highest BCUT2D eigenvalue weighted by Crippen LogP contribution is 2.49. The van der Waals surface area contributed by atoms with Gasteiger partial charge >= 0.3 is 24.1 Å². The number of alkyl carbamates (subject to hydrolysis) is 1. The van der Waals surface area contributed by atoms with Gasteiger partial charge in [-0.3, -0.25) is 14.5 Å². The number of carbonyl (C=O) groups is 4. The van der Waals surface area contributed by atoms with E-state index < -0.39 is 60.4 Å². The summed E-state index contributed by atoms with van der Waals surface area (Å²) < 4.78 is 43.8. The average Bonchev–Trinajstić information content (AvgIpc) is 3.08. The molecule has 3 aliphatic heterocycles. The van der Waals surface area contributed by atoms with Crippen LogP contribution >= 0.6 is 0 Å². The number of hydrogen-bond acceptors (Lipinski definition) is 6. The van der Waals surface area contributed by atoms with Gasteiger partial charge in [0.15, 0.2) is 0 Å². The van der Waals surface area contributed by atoms with Crippen molar-refractivity contribution in [1.82, 2.24) is 15.1 Å². The van der Waals surface area contributed by atoms with Crippen molar-refractivity contribution in [2.24, 2.45) is 5.92 Å². The molecule has 1 aromatic rings. The van der Waals surface area contributed by atoms with E-state index in [2.05, 4.69) is 5.32 Å². The lowest BCUT2D eigenvalue weighted by atomic mass is 9.78. The molecule has 33 heavy (non-hydrogen) atoms. The molecule has 0 aliphatic carbocycles. The third-order valence-electron chi connectivity index (χ3n) is 5.97. The zero-order valence-electron chi connectivity index (χ0n) is 16.8. The van der Waals surface area contributed by atoms with E-state index in [1.165, 1.54) is 12.1 Å². The summed E-state index contributed by atoms with van der Waals surface area (Å²) in [6.07, 6.45) is -6.05. The minimum atomic E-state index is -5.16. The summed E-state index contributed by atoms with van der Waals surface area (Å²) in [5.74, 6) is -5.13. The summed E-state index contributed by atoms with van der Waals surface area (Å²) in [7, 11) is 0. The molecule has 0 spiro atoms. The van der Waals surface area contributed by atoms with Crippen LogP contribution in [0.1, 0.15) is 12.0 Å². The molecule has 2 fully saturated rings. The molecule has 3 N–H and O–H groups in total. The highest BCUT2D eigenvalue weighted by Gasteiger charge is 2.66. The molecule has 3 amide bonds. The minimum absolute atomic E-state index is 0.0165. The van der Waals surface area contributed by atoms with E-state index in [0.29, 0.717) is 10.5 Å². The Balaban J connectivity index is 1.45. The Bertz CT molecular complexity index is 1050. The first kappa shape index (κ1) is 22.4. The summed E-state index contributed by atoms with van der Waals surface area (Å²) in [5.41, 5.74) is 0.344. The number of aliphatic carboxylic acids is 1. The molecule has 0 saturated carbocycles. The van der Waals surface area contributed by atoms with Crippen molar-refractivity contribution < 1.29 is 47.3 Å². The summed E-state index contributed by atoms with van der Waals surface area (Å²) >= 11 is 0. The molecule has 1 unspecified atom stereocenters. The van der Waals surface area contributed by atoms with Crippen LogP contribution in [0.3, 0.4) is 0 Å². The Morgan fingerprint density at radius 3 is 2.45 bits per heavy atom. The number of ether oxygens (including phenoxy) is 1. The largest absolute Gasteiger partial charge is 0.508 e. The van der Waals surface area contributed by atoms with Crippen LogP contribution in [0.25, 0.3) is 0 Å². The van der Waals surface area contributed by atoms with Crippen molar-refractivity contribution in [3.05, 3.63) is 41.1 Å². The lowest BCUT2D eigenvalue weighted by Gasteiger charge is -2.53. The van der Waals surface area contributed by atoms with Crippen LogP contribution < -0.4 is 5.32 Å². The van der Waals surface area contributed by atoms with E-state index >= 15 is 0 Å². The fourth-order valence-corrected chi connectivity index (χ4v) is 4.56. The summed E-state index contributed by atoms with van der Waals surface area (Å²) in [6, 6.07) is 3.65. The second-order valence-electron chi connectivity index (χ2n) is 7.81. The zero-order chi connectivity index (χ0) is 24.1. The molecule has 0 bridgehead atoms. The van der Waals surface area contributed by atoms with Crippen LogP contribution in [0.4, 0.5) is 18.0 Å². The first-order chi connectivity index (χ1) is 15.5. The molecule has 2 saturated heterocycles. The van der Waals surface area contributed by atoms with Crippen molar-refractivity contribution in [3.63, 3.8) is 0 Å². The number of piperidine rings is 1. The second-order valence-corrected chi connectivity index (χ2v) is 7.81. The Kier molecular flexibility index (Phi) is 5.42. The van der Waals surface area contributed by atoms with Gasteiger partial charge in [0.2, 0.25) is 0 Å². The molecule has 0 radical (unpaired) electrons. The smallest absolute Gasteiger partial charge is 0.471 e. The Morgan fingerprint density at radius 2 is 1.85 bits per heavy atom. The van der Waals surface area contributed by atoms with E-state index in [-0.39, 0.29) is 30.8 Å². The number of amides is 3. The first-order valence-corrected chi connectivity index (χ1v) is 9.86. The summed E-state index contributed by atoms with van der Waals surface area (Å²) in [4.78, 5) is 49.4. The zero-order valence-corrected chi connectivity index (χ0v) is 16.8. The fraction of sp³-hybridized carbons (Fsp3) is 0.400. The van der Waals surface area contributed by atoms with Crippen LogP contribution in [0.15, 0.2) is 35.5 Å². The molecule has 4 rings (SSSR count). The third-order valence-corrected chi connectivity index (χ3v) is 5.97. The van der Waals surface area contributed by atoms with E-state index in [0.717, 1.165) is 4.90 Å².